The molecular weight excluding hydrogens is 328 g/mol. The molecule has 7 nitrogen and oxygen atoms in total. The molecule has 0 aliphatic heterocycles. The lowest BCUT2D eigenvalue weighted by Gasteiger charge is -2.29. The van der Waals surface area contributed by atoms with Gasteiger partial charge in [-0.25, -0.2) is 9.50 Å². The Hall–Kier alpha value is -2.70. The van der Waals surface area contributed by atoms with E-state index in [0.717, 1.165) is 37.1 Å². The Morgan fingerprint density at radius 2 is 1.92 bits per heavy atom. The van der Waals surface area contributed by atoms with Crippen molar-refractivity contribution in [3.63, 3.8) is 0 Å². The van der Waals surface area contributed by atoms with Gasteiger partial charge in [0, 0.05) is 29.7 Å². The zero-order valence-electron chi connectivity index (χ0n) is 15.4. The zero-order valence-corrected chi connectivity index (χ0v) is 15.4. The fourth-order valence-electron chi connectivity index (χ4n) is 3.77. The van der Waals surface area contributed by atoms with Crippen LogP contribution in [-0.4, -0.2) is 36.3 Å². The van der Waals surface area contributed by atoms with Crippen LogP contribution in [0.3, 0.4) is 0 Å². The normalized spacial score (nSPS) is 20.4. The van der Waals surface area contributed by atoms with Crippen molar-refractivity contribution in [3.05, 3.63) is 47.2 Å². The van der Waals surface area contributed by atoms with Crippen LogP contribution in [0.1, 0.15) is 59.2 Å². The lowest BCUT2D eigenvalue weighted by Crippen LogP contribution is -2.38. The average Bonchev–Trinajstić information content (AvgIpc) is 3.22. The minimum Gasteiger partial charge on any atom is -0.348 e. The highest BCUT2D eigenvalue weighted by molar-refractivity contribution is 5.93. The van der Waals surface area contributed by atoms with E-state index in [0.29, 0.717) is 17.4 Å². The maximum Gasteiger partial charge on any atom is 0.272 e. The molecular formula is C19H24N6O. The standard InChI is InChI=1S/C19H24N6O/c1-12-10-20-24(11-12)16-6-4-15(5-7-16)22-19(26)17-9-18-21-13(2)8-14(3)25(18)23-17/h8-11,15-16H,4-7H2,1-3H3,(H,22,26). The lowest BCUT2D eigenvalue weighted by molar-refractivity contribution is 0.0916. The van der Waals surface area contributed by atoms with E-state index in [1.54, 1.807) is 10.6 Å². The van der Waals surface area contributed by atoms with E-state index >= 15 is 0 Å². The van der Waals surface area contributed by atoms with Crippen molar-refractivity contribution >= 4 is 11.6 Å². The van der Waals surface area contributed by atoms with Gasteiger partial charge in [0.15, 0.2) is 11.3 Å². The summed E-state index contributed by atoms with van der Waals surface area (Å²) < 4.78 is 3.78. The second-order valence-electron chi connectivity index (χ2n) is 7.32. The van der Waals surface area contributed by atoms with Gasteiger partial charge in [0.05, 0.1) is 12.2 Å². The van der Waals surface area contributed by atoms with Crippen molar-refractivity contribution in [1.82, 2.24) is 29.7 Å². The maximum absolute atomic E-state index is 12.6. The number of aromatic nitrogens is 5. The molecule has 1 aliphatic carbocycles. The fraction of sp³-hybridized carbons (Fsp3) is 0.474. The van der Waals surface area contributed by atoms with Gasteiger partial charge in [0.25, 0.3) is 5.91 Å². The largest absolute Gasteiger partial charge is 0.348 e. The van der Waals surface area contributed by atoms with Crippen LogP contribution in [0, 0.1) is 20.8 Å². The first-order chi connectivity index (χ1) is 12.5. The van der Waals surface area contributed by atoms with Gasteiger partial charge in [-0.15, -0.1) is 0 Å². The number of hydrogen-bond acceptors (Lipinski definition) is 4. The predicted octanol–water partition coefficient (Wildman–Crippen LogP) is 2.76. The molecule has 3 aromatic rings. The van der Waals surface area contributed by atoms with Gasteiger partial charge in [0.1, 0.15) is 0 Å². The van der Waals surface area contributed by atoms with Gasteiger partial charge in [-0.2, -0.15) is 10.2 Å². The third-order valence-corrected chi connectivity index (χ3v) is 5.10. The first-order valence-electron chi connectivity index (χ1n) is 9.15. The van der Waals surface area contributed by atoms with Crippen LogP contribution in [-0.2, 0) is 0 Å². The summed E-state index contributed by atoms with van der Waals surface area (Å²) in [6.07, 6.45) is 7.96. The van der Waals surface area contributed by atoms with Crippen LogP contribution in [0.4, 0.5) is 0 Å². The molecule has 0 bridgehead atoms. The third kappa shape index (κ3) is 3.21. The molecule has 3 heterocycles. The summed E-state index contributed by atoms with van der Waals surface area (Å²) in [5.41, 5.74) is 4.23. The van der Waals surface area contributed by atoms with Gasteiger partial charge in [-0.3, -0.25) is 9.48 Å². The number of amides is 1. The molecule has 3 aromatic heterocycles. The molecule has 7 heteroatoms. The molecule has 0 spiro atoms. The van der Waals surface area contributed by atoms with E-state index < -0.39 is 0 Å². The molecule has 26 heavy (non-hydrogen) atoms. The highest BCUT2D eigenvalue weighted by atomic mass is 16.2. The van der Waals surface area contributed by atoms with Gasteiger partial charge >= 0.3 is 0 Å². The van der Waals surface area contributed by atoms with Gasteiger partial charge < -0.3 is 5.32 Å². The monoisotopic (exact) mass is 352 g/mol. The lowest BCUT2D eigenvalue weighted by atomic mass is 9.91. The van der Waals surface area contributed by atoms with Crippen molar-refractivity contribution in [1.29, 1.82) is 0 Å². The fourth-order valence-corrected chi connectivity index (χ4v) is 3.77. The van der Waals surface area contributed by atoms with Crippen molar-refractivity contribution in [2.45, 2.75) is 58.5 Å². The summed E-state index contributed by atoms with van der Waals surface area (Å²) in [6.45, 7) is 5.97. The molecule has 0 radical (unpaired) electrons. The summed E-state index contributed by atoms with van der Waals surface area (Å²) in [5.74, 6) is -0.120. The number of carbonyl (C=O) groups is 1. The smallest absolute Gasteiger partial charge is 0.272 e. The first kappa shape index (κ1) is 16.8. The van der Waals surface area contributed by atoms with Crippen molar-refractivity contribution in [3.8, 4) is 0 Å². The van der Waals surface area contributed by atoms with E-state index in [2.05, 4.69) is 38.3 Å². The number of aryl methyl sites for hydroxylation is 3. The number of carbonyl (C=O) groups excluding carboxylic acids is 1. The van der Waals surface area contributed by atoms with E-state index in [1.807, 2.05) is 26.1 Å². The average molecular weight is 352 g/mol. The highest BCUT2D eigenvalue weighted by Gasteiger charge is 2.25. The molecule has 1 amide bonds. The Kier molecular flexibility index (Phi) is 4.22. The van der Waals surface area contributed by atoms with E-state index in [4.69, 9.17) is 0 Å². The summed E-state index contributed by atoms with van der Waals surface area (Å²) in [5, 5.41) is 12.0. The van der Waals surface area contributed by atoms with Gasteiger partial charge in [0.2, 0.25) is 0 Å². The van der Waals surface area contributed by atoms with Crippen molar-refractivity contribution in [2.24, 2.45) is 0 Å². The number of nitrogens with zero attached hydrogens (tertiary/aromatic N) is 5. The molecule has 1 saturated carbocycles. The van der Waals surface area contributed by atoms with Crippen LogP contribution < -0.4 is 5.32 Å². The third-order valence-electron chi connectivity index (χ3n) is 5.10. The number of hydrogen-bond donors (Lipinski definition) is 1. The molecule has 0 aromatic carbocycles. The first-order valence-corrected chi connectivity index (χ1v) is 9.15. The minimum atomic E-state index is -0.120. The number of fused-ring (bicyclic) bond motifs is 1. The summed E-state index contributed by atoms with van der Waals surface area (Å²) in [7, 11) is 0. The molecule has 0 unspecified atom stereocenters. The maximum atomic E-state index is 12.6. The van der Waals surface area contributed by atoms with Crippen LogP contribution in [0.5, 0.6) is 0 Å². The van der Waals surface area contributed by atoms with Crippen LogP contribution >= 0.6 is 0 Å². The molecule has 1 fully saturated rings. The molecule has 1 N–H and O–H groups in total. The summed E-state index contributed by atoms with van der Waals surface area (Å²) >= 11 is 0. The van der Waals surface area contributed by atoms with E-state index in [1.165, 1.54) is 5.56 Å². The van der Waals surface area contributed by atoms with Crippen LogP contribution in [0.2, 0.25) is 0 Å². The molecule has 1 aliphatic rings. The van der Waals surface area contributed by atoms with Gasteiger partial charge in [-0.05, 0) is 58.1 Å². The predicted molar refractivity (Wildman–Crippen MR) is 98.2 cm³/mol. The Morgan fingerprint density at radius 3 is 2.62 bits per heavy atom. The van der Waals surface area contributed by atoms with E-state index in [9.17, 15) is 4.79 Å². The topological polar surface area (TPSA) is 77.1 Å². The summed E-state index contributed by atoms with van der Waals surface area (Å²) in [6, 6.07) is 4.34. The molecule has 0 saturated heterocycles. The Labute approximate surface area is 152 Å². The molecule has 4 rings (SSSR count). The SMILES string of the molecule is Cc1cnn(C2CCC(NC(=O)c3cc4nc(C)cc(C)n4n3)CC2)c1. The zero-order chi connectivity index (χ0) is 18.3. The van der Waals surface area contributed by atoms with E-state index in [-0.39, 0.29) is 11.9 Å². The van der Waals surface area contributed by atoms with Crippen LogP contribution in [0.15, 0.2) is 24.5 Å². The molecule has 136 valence electrons. The number of rotatable bonds is 3. The molecule has 0 atom stereocenters. The summed E-state index contributed by atoms with van der Waals surface area (Å²) in [4.78, 5) is 17.0. The number of nitrogens with one attached hydrogen (secondary N) is 1. The quantitative estimate of drug-likeness (QED) is 0.786. The van der Waals surface area contributed by atoms with Crippen molar-refractivity contribution in [2.75, 3.05) is 0 Å². The second-order valence-corrected chi connectivity index (χ2v) is 7.32. The minimum absolute atomic E-state index is 0.120. The van der Waals surface area contributed by atoms with Crippen molar-refractivity contribution < 1.29 is 4.79 Å². The van der Waals surface area contributed by atoms with Crippen LogP contribution in [0.25, 0.3) is 5.65 Å². The highest BCUT2D eigenvalue weighted by Crippen LogP contribution is 2.28. The Balaban J connectivity index is 1.40. The van der Waals surface area contributed by atoms with Gasteiger partial charge in [-0.1, -0.05) is 0 Å². The second kappa shape index (κ2) is 6.55. The Bertz CT molecular complexity index is 948. The Morgan fingerprint density at radius 1 is 1.15 bits per heavy atom.